The Hall–Kier alpha value is -1.56. The summed E-state index contributed by atoms with van der Waals surface area (Å²) in [6.07, 6.45) is -4.37. The maximum Gasteiger partial charge on any atom is 0.416 e. The Balaban J connectivity index is 2.29. The third-order valence-electron chi connectivity index (χ3n) is 3.36. The molecule has 3 nitrogen and oxygen atoms in total. The highest BCUT2D eigenvalue weighted by Crippen LogP contribution is 2.34. The first kappa shape index (κ1) is 13.9. The topological polar surface area (TPSA) is 38.3 Å². The van der Waals surface area contributed by atoms with Gasteiger partial charge in [0.2, 0.25) is 0 Å². The smallest absolute Gasteiger partial charge is 0.416 e. The van der Waals surface area contributed by atoms with Gasteiger partial charge < -0.3 is 10.1 Å². The summed E-state index contributed by atoms with van der Waals surface area (Å²) in [5.41, 5.74) is -0.184. The van der Waals surface area contributed by atoms with E-state index in [-0.39, 0.29) is 5.92 Å². The molecule has 0 spiro atoms. The van der Waals surface area contributed by atoms with Gasteiger partial charge in [-0.1, -0.05) is 18.2 Å². The number of rotatable bonds is 2. The van der Waals surface area contributed by atoms with E-state index in [1.54, 1.807) is 6.07 Å². The van der Waals surface area contributed by atoms with E-state index in [0.29, 0.717) is 18.7 Å². The number of methoxy groups -OCH3 is 1. The fraction of sp³-hybridized carbons (Fsp3) is 0.462. The lowest BCUT2D eigenvalue weighted by atomic mass is 9.88. The first-order valence-corrected chi connectivity index (χ1v) is 5.89. The molecule has 1 aromatic carbocycles. The summed E-state index contributed by atoms with van der Waals surface area (Å²) < 4.78 is 42.7. The molecule has 0 bridgehead atoms. The molecular formula is C13H14F3NO2. The zero-order valence-corrected chi connectivity index (χ0v) is 10.3. The van der Waals surface area contributed by atoms with Crippen molar-refractivity contribution in [3.05, 3.63) is 35.4 Å². The minimum absolute atomic E-state index is 0.283. The van der Waals surface area contributed by atoms with Gasteiger partial charge in [-0.25, -0.2) is 0 Å². The molecule has 2 atom stereocenters. The molecule has 0 radical (unpaired) electrons. The van der Waals surface area contributed by atoms with Crippen LogP contribution >= 0.6 is 0 Å². The van der Waals surface area contributed by atoms with Crippen LogP contribution in [0.25, 0.3) is 0 Å². The predicted molar refractivity (Wildman–Crippen MR) is 62.6 cm³/mol. The molecule has 104 valence electrons. The second-order valence-corrected chi connectivity index (χ2v) is 4.52. The summed E-state index contributed by atoms with van der Waals surface area (Å²) in [5.74, 6) is -1.12. The first-order chi connectivity index (χ1) is 8.93. The standard InChI is InChI=1S/C13H14F3NO2/c1-19-12(18)11-7-17-6-10(11)8-3-2-4-9(5-8)13(14,15)16/h2-5,10-11,17H,6-7H2,1H3/t10-,11+/m0/s1. The quantitative estimate of drug-likeness (QED) is 0.839. The molecule has 1 heterocycles. The molecule has 1 fully saturated rings. The predicted octanol–water partition coefficient (Wildman–Crippen LogP) is 2.18. The number of nitrogens with one attached hydrogen (secondary N) is 1. The summed E-state index contributed by atoms with van der Waals surface area (Å²) >= 11 is 0. The largest absolute Gasteiger partial charge is 0.469 e. The molecule has 0 amide bonds. The van der Waals surface area contributed by atoms with Crippen LogP contribution in [0.15, 0.2) is 24.3 Å². The van der Waals surface area contributed by atoms with Crippen molar-refractivity contribution >= 4 is 5.97 Å². The van der Waals surface area contributed by atoms with Gasteiger partial charge in [0.15, 0.2) is 0 Å². The molecule has 19 heavy (non-hydrogen) atoms. The zero-order valence-electron chi connectivity index (χ0n) is 10.3. The van der Waals surface area contributed by atoms with Crippen LogP contribution in [0.2, 0.25) is 0 Å². The van der Waals surface area contributed by atoms with Gasteiger partial charge in [0.1, 0.15) is 0 Å². The van der Waals surface area contributed by atoms with Gasteiger partial charge in [-0.15, -0.1) is 0 Å². The summed E-state index contributed by atoms with van der Waals surface area (Å²) in [6, 6.07) is 5.11. The van der Waals surface area contributed by atoms with Crippen LogP contribution in [-0.4, -0.2) is 26.2 Å². The fourth-order valence-electron chi connectivity index (χ4n) is 2.37. The molecule has 1 saturated heterocycles. The van der Waals surface area contributed by atoms with Gasteiger partial charge in [0, 0.05) is 19.0 Å². The highest BCUT2D eigenvalue weighted by molar-refractivity contribution is 5.74. The Morgan fingerprint density at radius 2 is 2.11 bits per heavy atom. The van der Waals surface area contributed by atoms with E-state index in [4.69, 9.17) is 0 Å². The second kappa shape index (κ2) is 5.21. The van der Waals surface area contributed by atoms with Crippen molar-refractivity contribution in [1.29, 1.82) is 0 Å². The van der Waals surface area contributed by atoms with E-state index < -0.39 is 23.6 Å². The van der Waals surface area contributed by atoms with Crippen molar-refractivity contribution in [2.24, 2.45) is 5.92 Å². The number of hydrogen-bond donors (Lipinski definition) is 1. The van der Waals surface area contributed by atoms with Crippen LogP contribution in [0.5, 0.6) is 0 Å². The monoisotopic (exact) mass is 273 g/mol. The van der Waals surface area contributed by atoms with Crippen molar-refractivity contribution in [3.8, 4) is 0 Å². The second-order valence-electron chi connectivity index (χ2n) is 4.52. The van der Waals surface area contributed by atoms with Crippen LogP contribution in [0.4, 0.5) is 13.2 Å². The Morgan fingerprint density at radius 3 is 2.74 bits per heavy atom. The number of ether oxygens (including phenoxy) is 1. The molecule has 6 heteroatoms. The van der Waals surface area contributed by atoms with Crippen molar-refractivity contribution in [2.75, 3.05) is 20.2 Å². The summed E-state index contributed by atoms with van der Waals surface area (Å²) in [6.45, 7) is 0.897. The number of carbonyl (C=O) groups is 1. The zero-order chi connectivity index (χ0) is 14.0. The van der Waals surface area contributed by atoms with Gasteiger partial charge in [0.25, 0.3) is 0 Å². The summed E-state index contributed by atoms with van der Waals surface area (Å²) in [7, 11) is 1.28. The number of benzene rings is 1. The van der Waals surface area contributed by atoms with Crippen molar-refractivity contribution in [3.63, 3.8) is 0 Å². The van der Waals surface area contributed by atoms with Gasteiger partial charge in [-0.3, -0.25) is 4.79 Å². The van der Waals surface area contributed by atoms with Gasteiger partial charge in [0.05, 0.1) is 18.6 Å². The highest BCUT2D eigenvalue weighted by atomic mass is 19.4. The lowest BCUT2D eigenvalue weighted by Gasteiger charge is -2.18. The number of alkyl halides is 3. The average Bonchev–Trinajstić information content (AvgIpc) is 2.86. The highest BCUT2D eigenvalue weighted by Gasteiger charge is 2.36. The van der Waals surface area contributed by atoms with Crippen molar-refractivity contribution < 1.29 is 22.7 Å². The van der Waals surface area contributed by atoms with Gasteiger partial charge in [-0.05, 0) is 11.6 Å². The van der Waals surface area contributed by atoms with Crippen LogP contribution < -0.4 is 5.32 Å². The Labute approximate surface area is 108 Å². The Kier molecular flexibility index (Phi) is 3.80. The van der Waals surface area contributed by atoms with Crippen molar-refractivity contribution in [1.82, 2.24) is 5.32 Å². The Bertz CT molecular complexity index is 473. The third-order valence-corrected chi connectivity index (χ3v) is 3.36. The summed E-state index contributed by atoms with van der Waals surface area (Å²) in [5, 5.41) is 3.01. The SMILES string of the molecule is COC(=O)[C@@H]1CNC[C@H]1c1cccc(C(F)(F)F)c1. The van der Waals surface area contributed by atoms with E-state index in [9.17, 15) is 18.0 Å². The van der Waals surface area contributed by atoms with Crippen molar-refractivity contribution in [2.45, 2.75) is 12.1 Å². The number of carbonyl (C=O) groups excluding carboxylic acids is 1. The summed E-state index contributed by atoms with van der Waals surface area (Å²) in [4.78, 5) is 11.6. The van der Waals surface area contributed by atoms with Crippen LogP contribution in [0.1, 0.15) is 17.0 Å². The normalized spacial score (nSPS) is 23.4. The molecule has 0 aromatic heterocycles. The number of esters is 1. The maximum atomic E-state index is 12.7. The van der Waals surface area contributed by atoms with E-state index in [1.807, 2.05) is 0 Å². The van der Waals surface area contributed by atoms with Gasteiger partial charge >= 0.3 is 12.1 Å². The number of halogens is 3. The number of hydrogen-bond acceptors (Lipinski definition) is 3. The first-order valence-electron chi connectivity index (χ1n) is 5.89. The Morgan fingerprint density at radius 1 is 1.37 bits per heavy atom. The lowest BCUT2D eigenvalue weighted by Crippen LogP contribution is -2.23. The molecule has 0 saturated carbocycles. The van der Waals surface area contributed by atoms with E-state index in [2.05, 4.69) is 10.1 Å². The third kappa shape index (κ3) is 2.89. The molecule has 0 unspecified atom stereocenters. The molecule has 1 aliphatic heterocycles. The average molecular weight is 273 g/mol. The molecule has 1 aliphatic rings. The fourth-order valence-corrected chi connectivity index (χ4v) is 2.37. The molecule has 2 rings (SSSR count). The van der Waals surface area contributed by atoms with Crippen LogP contribution in [-0.2, 0) is 15.7 Å². The van der Waals surface area contributed by atoms with Crippen LogP contribution in [0, 0.1) is 5.92 Å². The molecule has 1 aromatic rings. The van der Waals surface area contributed by atoms with E-state index in [0.717, 1.165) is 12.1 Å². The lowest BCUT2D eigenvalue weighted by molar-refractivity contribution is -0.145. The van der Waals surface area contributed by atoms with E-state index >= 15 is 0 Å². The van der Waals surface area contributed by atoms with Gasteiger partial charge in [-0.2, -0.15) is 13.2 Å². The molecule has 1 N–H and O–H groups in total. The van der Waals surface area contributed by atoms with Crippen LogP contribution in [0.3, 0.4) is 0 Å². The maximum absolute atomic E-state index is 12.7. The molecular weight excluding hydrogens is 259 g/mol. The minimum Gasteiger partial charge on any atom is -0.469 e. The molecule has 0 aliphatic carbocycles. The minimum atomic E-state index is -4.37. The van der Waals surface area contributed by atoms with E-state index in [1.165, 1.54) is 13.2 Å².